The summed E-state index contributed by atoms with van der Waals surface area (Å²) in [6.07, 6.45) is 2.33. The predicted molar refractivity (Wildman–Crippen MR) is 78.7 cm³/mol. The quantitative estimate of drug-likeness (QED) is 0.847. The highest BCUT2D eigenvalue weighted by atomic mass is 35.5. The summed E-state index contributed by atoms with van der Waals surface area (Å²) in [5.41, 5.74) is 1.26. The molecule has 0 bridgehead atoms. The van der Waals surface area contributed by atoms with Crippen LogP contribution < -0.4 is 5.32 Å². The van der Waals surface area contributed by atoms with E-state index in [1.54, 1.807) is 0 Å². The number of benzene rings is 1. The van der Waals surface area contributed by atoms with Crippen LogP contribution in [0.25, 0.3) is 10.2 Å². The van der Waals surface area contributed by atoms with E-state index in [9.17, 15) is 0 Å². The smallest absolute Gasteiger partial charge is 0.0970 e. The summed E-state index contributed by atoms with van der Waals surface area (Å²) in [5, 5.41) is 5.59. The predicted octanol–water partition coefficient (Wildman–Crippen LogP) is 4.20. The standard InChI is InChI=1S/C14H17ClN2S/c1-14(2)8-9(5-6-16-14)13-17-11-7-10(15)3-4-12(11)18-13/h3-4,7,9,16H,5-6,8H2,1-2H3. The molecule has 1 aliphatic heterocycles. The zero-order chi connectivity index (χ0) is 12.8. The molecule has 0 saturated carbocycles. The van der Waals surface area contributed by atoms with Crippen molar-refractivity contribution in [1.29, 1.82) is 0 Å². The maximum atomic E-state index is 6.01. The van der Waals surface area contributed by atoms with E-state index in [1.165, 1.54) is 16.1 Å². The summed E-state index contributed by atoms with van der Waals surface area (Å²) in [5.74, 6) is 0.581. The van der Waals surface area contributed by atoms with Crippen molar-refractivity contribution in [3.05, 3.63) is 28.2 Å². The van der Waals surface area contributed by atoms with Gasteiger partial charge in [0.15, 0.2) is 0 Å². The number of thiazole rings is 1. The highest BCUT2D eigenvalue weighted by molar-refractivity contribution is 7.18. The number of aromatic nitrogens is 1. The molecule has 0 spiro atoms. The molecule has 0 aliphatic carbocycles. The van der Waals surface area contributed by atoms with Crippen LogP contribution >= 0.6 is 22.9 Å². The van der Waals surface area contributed by atoms with Gasteiger partial charge in [-0.2, -0.15) is 0 Å². The molecule has 1 atom stereocenters. The lowest BCUT2D eigenvalue weighted by Crippen LogP contribution is -2.45. The van der Waals surface area contributed by atoms with Crippen LogP contribution in [-0.2, 0) is 0 Å². The molecule has 2 nitrogen and oxygen atoms in total. The second-order valence-corrected chi connectivity index (χ2v) is 7.16. The molecular weight excluding hydrogens is 264 g/mol. The van der Waals surface area contributed by atoms with Crippen molar-refractivity contribution in [2.24, 2.45) is 0 Å². The molecule has 1 N–H and O–H groups in total. The first-order valence-electron chi connectivity index (χ1n) is 6.34. The van der Waals surface area contributed by atoms with E-state index in [1.807, 2.05) is 23.5 Å². The molecule has 2 aromatic rings. The SMILES string of the molecule is CC1(C)CC(c2nc3cc(Cl)ccc3s2)CCN1. The van der Waals surface area contributed by atoms with Crippen molar-refractivity contribution in [1.82, 2.24) is 10.3 Å². The summed E-state index contributed by atoms with van der Waals surface area (Å²) in [7, 11) is 0. The Morgan fingerprint density at radius 3 is 3.06 bits per heavy atom. The number of hydrogen-bond acceptors (Lipinski definition) is 3. The molecule has 96 valence electrons. The lowest BCUT2D eigenvalue weighted by molar-refractivity contribution is 0.275. The third kappa shape index (κ3) is 2.40. The van der Waals surface area contributed by atoms with Crippen LogP contribution in [-0.4, -0.2) is 17.1 Å². The van der Waals surface area contributed by atoms with E-state index in [0.29, 0.717) is 5.92 Å². The topological polar surface area (TPSA) is 24.9 Å². The first-order chi connectivity index (χ1) is 8.53. The Morgan fingerprint density at radius 2 is 2.28 bits per heavy atom. The van der Waals surface area contributed by atoms with Crippen molar-refractivity contribution in [2.45, 2.75) is 38.1 Å². The molecule has 0 radical (unpaired) electrons. The second-order valence-electron chi connectivity index (χ2n) is 5.66. The van der Waals surface area contributed by atoms with Crippen LogP contribution in [0.2, 0.25) is 5.02 Å². The Hall–Kier alpha value is -0.640. The zero-order valence-electron chi connectivity index (χ0n) is 10.7. The van der Waals surface area contributed by atoms with Crippen molar-refractivity contribution < 1.29 is 0 Å². The molecule has 2 heterocycles. The molecule has 1 unspecified atom stereocenters. The lowest BCUT2D eigenvalue weighted by Gasteiger charge is -2.35. The molecule has 18 heavy (non-hydrogen) atoms. The average molecular weight is 281 g/mol. The first kappa shape index (κ1) is 12.4. The van der Waals surface area contributed by atoms with Crippen molar-refractivity contribution >= 4 is 33.2 Å². The van der Waals surface area contributed by atoms with Gasteiger partial charge in [-0.3, -0.25) is 0 Å². The fourth-order valence-corrected chi connectivity index (χ4v) is 3.93. The van der Waals surface area contributed by atoms with Crippen LogP contribution in [0.3, 0.4) is 0 Å². The molecule has 1 fully saturated rings. The van der Waals surface area contributed by atoms with Gasteiger partial charge < -0.3 is 5.32 Å². The van der Waals surface area contributed by atoms with Crippen molar-refractivity contribution in [2.75, 3.05) is 6.54 Å². The minimum atomic E-state index is 0.221. The summed E-state index contributed by atoms with van der Waals surface area (Å²) in [6.45, 7) is 5.61. The molecule has 1 saturated heterocycles. The van der Waals surface area contributed by atoms with Crippen molar-refractivity contribution in [3.8, 4) is 0 Å². The van der Waals surface area contributed by atoms with Crippen LogP contribution in [0.1, 0.15) is 37.6 Å². The fraction of sp³-hybridized carbons (Fsp3) is 0.500. The Bertz CT molecular complexity index is 576. The number of hydrogen-bond donors (Lipinski definition) is 1. The van der Waals surface area contributed by atoms with Crippen LogP contribution in [0.4, 0.5) is 0 Å². The van der Waals surface area contributed by atoms with Gasteiger partial charge in [0.25, 0.3) is 0 Å². The fourth-order valence-electron chi connectivity index (χ4n) is 2.68. The molecule has 3 rings (SSSR count). The summed E-state index contributed by atoms with van der Waals surface area (Å²) in [6, 6.07) is 5.98. The number of fused-ring (bicyclic) bond motifs is 1. The van der Waals surface area contributed by atoms with E-state index >= 15 is 0 Å². The number of rotatable bonds is 1. The summed E-state index contributed by atoms with van der Waals surface area (Å²) >= 11 is 7.83. The number of nitrogens with zero attached hydrogens (tertiary/aromatic N) is 1. The van der Waals surface area contributed by atoms with Gasteiger partial charge >= 0.3 is 0 Å². The zero-order valence-corrected chi connectivity index (χ0v) is 12.2. The normalized spacial score (nSPS) is 23.4. The largest absolute Gasteiger partial charge is 0.312 e. The Kier molecular flexibility index (Phi) is 3.08. The van der Waals surface area contributed by atoms with Gasteiger partial charge in [0.2, 0.25) is 0 Å². The van der Waals surface area contributed by atoms with Crippen molar-refractivity contribution in [3.63, 3.8) is 0 Å². The third-order valence-corrected chi connectivity index (χ3v) is 5.00. The molecule has 1 aliphatic rings. The summed E-state index contributed by atoms with van der Waals surface area (Å²) < 4.78 is 1.24. The van der Waals surface area contributed by atoms with E-state index in [4.69, 9.17) is 16.6 Å². The molecule has 1 aromatic heterocycles. The Morgan fingerprint density at radius 1 is 1.44 bits per heavy atom. The van der Waals surface area contributed by atoms with Gasteiger partial charge in [0.05, 0.1) is 15.2 Å². The molecular formula is C14H17ClN2S. The molecule has 4 heteroatoms. The second kappa shape index (κ2) is 4.48. The molecule has 1 aromatic carbocycles. The van der Waals surface area contributed by atoms with E-state index in [-0.39, 0.29) is 5.54 Å². The van der Waals surface area contributed by atoms with Gasteiger partial charge in [0.1, 0.15) is 0 Å². The highest BCUT2D eigenvalue weighted by Gasteiger charge is 2.30. The van der Waals surface area contributed by atoms with Gasteiger partial charge in [-0.15, -0.1) is 11.3 Å². The van der Waals surface area contributed by atoms with Crippen LogP contribution in [0, 0.1) is 0 Å². The van der Waals surface area contributed by atoms with Gasteiger partial charge in [-0.05, 0) is 51.4 Å². The van der Waals surface area contributed by atoms with Crippen LogP contribution in [0.5, 0.6) is 0 Å². The number of nitrogens with one attached hydrogen (secondary N) is 1. The minimum Gasteiger partial charge on any atom is -0.312 e. The third-order valence-electron chi connectivity index (χ3n) is 3.57. The highest BCUT2D eigenvalue weighted by Crippen LogP contribution is 2.37. The van der Waals surface area contributed by atoms with E-state index < -0.39 is 0 Å². The van der Waals surface area contributed by atoms with Gasteiger partial charge in [0, 0.05) is 16.5 Å². The number of piperidine rings is 1. The molecule has 0 amide bonds. The first-order valence-corrected chi connectivity index (χ1v) is 7.54. The summed E-state index contributed by atoms with van der Waals surface area (Å²) in [4.78, 5) is 4.77. The Balaban J connectivity index is 1.94. The van der Waals surface area contributed by atoms with E-state index in [2.05, 4.69) is 25.2 Å². The van der Waals surface area contributed by atoms with E-state index in [0.717, 1.165) is 23.5 Å². The minimum absolute atomic E-state index is 0.221. The number of halogens is 1. The lowest BCUT2D eigenvalue weighted by atomic mass is 9.85. The van der Waals surface area contributed by atoms with Gasteiger partial charge in [-0.25, -0.2) is 4.98 Å². The maximum absolute atomic E-state index is 6.01. The monoisotopic (exact) mass is 280 g/mol. The average Bonchev–Trinajstić information content (AvgIpc) is 2.70. The Labute approximate surface area is 116 Å². The maximum Gasteiger partial charge on any atom is 0.0970 e. The van der Waals surface area contributed by atoms with Crippen LogP contribution in [0.15, 0.2) is 18.2 Å². The van der Waals surface area contributed by atoms with Gasteiger partial charge in [-0.1, -0.05) is 11.6 Å².